The Bertz CT molecular complexity index is 477. The molecule has 0 unspecified atom stereocenters. The summed E-state index contributed by atoms with van der Waals surface area (Å²) in [4.78, 5) is 23.2. The van der Waals surface area contributed by atoms with Crippen molar-refractivity contribution in [1.82, 2.24) is 9.88 Å². The predicted octanol–water partition coefficient (Wildman–Crippen LogP) is 1.04. The zero-order valence-electron chi connectivity index (χ0n) is 9.00. The first-order valence-electron chi connectivity index (χ1n) is 5.11. The molecule has 1 saturated carbocycles. The minimum atomic E-state index is -0.172. The van der Waals surface area contributed by atoms with Gasteiger partial charge in [-0.2, -0.15) is 0 Å². The van der Waals surface area contributed by atoms with Gasteiger partial charge in [0.25, 0.3) is 11.5 Å². The number of nitrogens with one attached hydrogen (secondary N) is 1. The first-order valence-corrected chi connectivity index (χ1v) is 6.24. The van der Waals surface area contributed by atoms with Crippen LogP contribution in [0.2, 0.25) is 0 Å². The first-order chi connectivity index (χ1) is 7.56. The Morgan fingerprint density at radius 2 is 2.31 bits per heavy atom. The van der Waals surface area contributed by atoms with Gasteiger partial charge >= 0.3 is 0 Å². The Labute approximate surface area is 102 Å². The molecule has 86 valence electrons. The summed E-state index contributed by atoms with van der Waals surface area (Å²) in [6, 6.07) is 3.01. The van der Waals surface area contributed by atoms with E-state index in [0.29, 0.717) is 5.56 Å². The minimum Gasteiger partial charge on any atom is -0.346 e. The number of hydrogen-bond donors (Lipinski definition) is 1. The third-order valence-electron chi connectivity index (χ3n) is 2.85. The summed E-state index contributed by atoms with van der Waals surface area (Å²) in [7, 11) is 1.66. The van der Waals surface area contributed by atoms with Gasteiger partial charge in [-0.3, -0.25) is 9.59 Å². The quantitative estimate of drug-likeness (QED) is 0.844. The lowest BCUT2D eigenvalue weighted by atomic mass is 10.2. The molecule has 0 atom stereocenters. The van der Waals surface area contributed by atoms with Crippen LogP contribution in [0.15, 0.2) is 23.1 Å². The lowest BCUT2D eigenvalue weighted by Gasteiger charge is -2.14. The fourth-order valence-electron chi connectivity index (χ4n) is 1.45. The number of hydrogen-bond acceptors (Lipinski definition) is 2. The van der Waals surface area contributed by atoms with E-state index >= 15 is 0 Å². The normalized spacial score (nSPS) is 16.9. The number of nitrogens with zero attached hydrogens (tertiary/aromatic N) is 1. The molecule has 1 aromatic heterocycles. The van der Waals surface area contributed by atoms with Crippen LogP contribution >= 0.6 is 15.9 Å². The highest BCUT2D eigenvalue weighted by Gasteiger charge is 2.42. The highest BCUT2D eigenvalue weighted by atomic mass is 79.9. The van der Waals surface area contributed by atoms with Gasteiger partial charge < -0.3 is 9.88 Å². The molecule has 0 aliphatic heterocycles. The lowest BCUT2D eigenvalue weighted by molar-refractivity contribution is 0.0936. The molecule has 0 aromatic carbocycles. The van der Waals surface area contributed by atoms with Crippen LogP contribution in [0.5, 0.6) is 0 Å². The zero-order valence-corrected chi connectivity index (χ0v) is 10.6. The number of amides is 1. The summed E-state index contributed by atoms with van der Waals surface area (Å²) in [6.07, 6.45) is 3.59. The molecule has 0 spiro atoms. The number of aryl methyl sites for hydroxylation is 1. The van der Waals surface area contributed by atoms with E-state index in [1.165, 1.54) is 10.6 Å². The van der Waals surface area contributed by atoms with Crippen LogP contribution in [-0.4, -0.2) is 21.3 Å². The van der Waals surface area contributed by atoms with Gasteiger partial charge in [-0.05, 0) is 18.9 Å². The molecular formula is C11H13BrN2O2. The number of pyridine rings is 1. The van der Waals surface area contributed by atoms with Crippen LogP contribution in [0.4, 0.5) is 0 Å². The Hall–Kier alpha value is -1.10. The van der Waals surface area contributed by atoms with Gasteiger partial charge in [-0.15, -0.1) is 0 Å². The van der Waals surface area contributed by atoms with Crippen LogP contribution in [0.3, 0.4) is 0 Å². The van der Waals surface area contributed by atoms with Gasteiger partial charge in [0.2, 0.25) is 0 Å². The van der Waals surface area contributed by atoms with E-state index in [9.17, 15) is 9.59 Å². The van der Waals surface area contributed by atoms with Crippen LogP contribution in [0, 0.1) is 0 Å². The van der Waals surface area contributed by atoms with E-state index < -0.39 is 0 Å². The third kappa shape index (κ3) is 2.19. The maximum Gasteiger partial charge on any atom is 0.251 e. The van der Waals surface area contributed by atoms with Gasteiger partial charge in [0.1, 0.15) is 0 Å². The topological polar surface area (TPSA) is 51.1 Å². The Kier molecular flexibility index (Phi) is 2.88. The molecule has 1 aliphatic rings. The molecule has 1 aliphatic carbocycles. The number of carbonyl (C=O) groups is 1. The van der Waals surface area contributed by atoms with E-state index in [0.717, 1.165) is 18.2 Å². The fraction of sp³-hybridized carbons (Fsp3) is 0.455. The molecule has 0 radical (unpaired) electrons. The molecule has 1 heterocycles. The van der Waals surface area contributed by atoms with E-state index in [-0.39, 0.29) is 17.0 Å². The van der Waals surface area contributed by atoms with Crippen molar-refractivity contribution in [2.75, 3.05) is 5.33 Å². The van der Waals surface area contributed by atoms with Crippen molar-refractivity contribution in [3.05, 3.63) is 34.2 Å². The summed E-state index contributed by atoms with van der Waals surface area (Å²) < 4.78 is 1.44. The Morgan fingerprint density at radius 3 is 2.81 bits per heavy atom. The number of carbonyl (C=O) groups excluding carboxylic acids is 1. The van der Waals surface area contributed by atoms with Crippen LogP contribution in [0.25, 0.3) is 0 Å². The van der Waals surface area contributed by atoms with Crippen LogP contribution in [-0.2, 0) is 7.05 Å². The van der Waals surface area contributed by atoms with Gasteiger partial charge in [-0.1, -0.05) is 15.9 Å². The van der Waals surface area contributed by atoms with Gasteiger partial charge in [0.05, 0.1) is 5.54 Å². The average molecular weight is 285 g/mol. The van der Waals surface area contributed by atoms with E-state index in [1.807, 2.05) is 0 Å². The molecular weight excluding hydrogens is 272 g/mol. The molecule has 16 heavy (non-hydrogen) atoms. The SMILES string of the molecule is Cn1ccc(C(=O)NC2(CBr)CC2)cc1=O. The van der Waals surface area contributed by atoms with Gasteiger partial charge in [0.15, 0.2) is 0 Å². The van der Waals surface area contributed by atoms with Crippen molar-refractivity contribution < 1.29 is 4.79 Å². The van der Waals surface area contributed by atoms with Crippen molar-refractivity contribution in [2.24, 2.45) is 7.05 Å². The summed E-state index contributed by atoms with van der Waals surface area (Å²) in [5, 5.41) is 3.71. The van der Waals surface area contributed by atoms with Crippen molar-refractivity contribution in [2.45, 2.75) is 18.4 Å². The van der Waals surface area contributed by atoms with E-state index in [1.54, 1.807) is 19.3 Å². The molecule has 1 amide bonds. The van der Waals surface area contributed by atoms with Crippen molar-refractivity contribution in [3.63, 3.8) is 0 Å². The summed E-state index contributed by atoms with van der Waals surface area (Å²) in [6.45, 7) is 0. The highest BCUT2D eigenvalue weighted by molar-refractivity contribution is 9.09. The highest BCUT2D eigenvalue weighted by Crippen LogP contribution is 2.37. The smallest absolute Gasteiger partial charge is 0.251 e. The fourth-order valence-corrected chi connectivity index (χ4v) is 2.15. The predicted molar refractivity (Wildman–Crippen MR) is 64.9 cm³/mol. The zero-order chi connectivity index (χ0) is 11.8. The largest absolute Gasteiger partial charge is 0.346 e. The molecule has 1 N–H and O–H groups in total. The second kappa shape index (κ2) is 4.05. The first kappa shape index (κ1) is 11.4. The number of rotatable bonds is 3. The van der Waals surface area contributed by atoms with Crippen LogP contribution in [0.1, 0.15) is 23.2 Å². The molecule has 5 heteroatoms. The van der Waals surface area contributed by atoms with Crippen molar-refractivity contribution >= 4 is 21.8 Å². The summed E-state index contributed by atoms with van der Waals surface area (Å²) in [5.41, 5.74) is 0.171. The molecule has 1 fully saturated rings. The summed E-state index contributed by atoms with van der Waals surface area (Å²) >= 11 is 3.38. The van der Waals surface area contributed by atoms with Crippen molar-refractivity contribution in [1.29, 1.82) is 0 Å². The van der Waals surface area contributed by atoms with Gasteiger partial charge in [0, 0.05) is 30.2 Å². The second-order valence-electron chi connectivity index (χ2n) is 4.23. The lowest BCUT2D eigenvalue weighted by Crippen LogP contribution is -2.38. The van der Waals surface area contributed by atoms with Crippen LogP contribution < -0.4 is 10.9 Å². The van der Waals surface area contributed by atoms with Crippen molar-refractivity contribution in [3.8, 4) is 0 Å². The standard InChI is InChI=1S/C11H13BrN2O2/c1-14-5-2-8(6-9(14)15)10(16)13-11(7-12)3-4-11/h2,5-6H,3-4,7H2,1H3,(H,13,16). The maximum atomic E-state index is 11.8. The maximum absolute atomic E-state index is 11.8. The average Bonchev–Trinajstić information content (AvgIpc) is 3.02. The number of halogens is 1. The molecule has 1 aromatic rings. The van der Waals surface area contributed by atoms with E-state index in [4.69, 9.17) is 0 Å². The van der Waals surface area contributed by atoms with Gasteiger partial charge in [-0.25, -0.2) is 0 Å². The van der Waals surface area contributed by atoms with E-state index in [2.05, 4.69) is 21.2 Å². The number of aromatic nitrogens is 1. The minimum absolute atomic E-state index is 0.0852. The second-order valence-corrected chi connectivity index (χ2v) is 4.79. The number of alkyl halides is 1. The summed E-state index contributed by atoms with van der Waals surface area (Å²) in [5.74, 6) is -0.172. The Morgan fingerprint density at radius 1 is 1.62 bits per heavy atom. The molecule has 0 saturated heterocycles. The molecule has 4 nitrogen and oxygen atoms in total. The third-order valence-corrected chi connectivity index (χ3v) is 3.93. The molecule has 0 bridgehead atoms. The Balaban J connectivity index is 2.15. The monoisotopic (exact) mass is 284 g/mol. The molecule has 2 rings (SSSR count).